The van der Waals surface area contributed by atoms with E-state index in [0.29, 0.717) is 10.7 Å². The average Bonchev–Trinajstić information content (AvgIpc) is 2.65. The Bertz CT molecular complexity index is 1130. The number of aryl methyl sites for hydroxylation is 1. The molecule has 8 heteroatoms. The van der Waals surface area contributed by atoms with Gasteiger partial charge in [0.15, 0.2) is 0 Å². The minimum absolute atomic E-state index is 0.115. The van der Waals surface area contributed by atoms with E-state index in [2.05, 4.69) is 10.0 Å². The van der Waals surface area contributed by atoms with E-state index in [0.717, 1.165) is 5.56 Å². The Kier molecular flexibility index (Phi) is 5.93. The van der Waals surface area contributed by atoms with Gasteiger partial charge in [-0.2, -0.15) is 0 Å². The highest BCUT2D eigenvalue weighted by Gasteiger charge is 2.16. The summed E-state index contributed by atoms with van der Waals surface area (Å²) in [6.45, 7) is 1.86. The molecular weight excluding hydrogens is 419 g/mol. The Morgan fingerprint density at radius 3 is 2.14 bits per heavy atom. The molecule has 144 valence electrons. The molecule has 0 heterocycles. The standard InChI is InChI=1S/C20H16Cl2N2O3S/c1-13-7-8-14(11-18(13)21)23-20(25)17-10-9-15(12-19(17)22)24-28(26,27)16-5-3-2-4-6-16/h2-12,24H,1H3,(H,23,25). The van der Waals surface area contributed by atoms with E-state index in [4.69, 9.17) is 23.2 Å². The van der Waals surface area contributed by atoms with Gasteiger partial charge in [0, 0.05) is 10.7 Å². The fraction of sp³-hybridized carbons (Fsp3) is 0.0500. The molecule has 0 radical (unpaired) electrons. The van der Waals surface area contributed by atoms with Gasteiger partial charge < -0.3 is 5.32 Å². The number of rotatable bonds is 5. The maximum absolute atomic E-state index is 12.5. The Labute approximate surface area is 173 Å². The number of nitrogens with one attached hydrogen (secondary N) is 2. The van der Waals surface area contributed by atoms with Gasteiger partial charge in [-0.1, -0.05) is 47.5 Å². The van der Waals surface area contributed by atoms with E-state index in [9.17, 15) is 13.2 Å². The quantitative estimate of drug-likeness (QED) is 0.567. The lowest BCUT2D eigenvalue weighted by Crippen LogP contribution is -2.15. The summed E-state index contributed by atoms with van der Waals surface area (Å²) in [5.74, 6) is -0.428. The molecule has 2 N–H and O–H groups in total. The largest absolute Gasteiger partial charge is 0.322 e. The second-order valence-electron chi connectivity index (χ2n) is 6.03. The van der Waals surface area contributed by atoms with Gasteiger partial charge in [-0.3, -0.25) is 9.52 Å². The van der Waals surface area contributed by atoms with Crippen molar-refractivity contribution in [3.8, 4) is 0 Å². The van der Waals surface area contributed by atoms with Gasteiger partial charge in [0.1, 0.15) is 0 Å². The molecule has 3 rings (SSSR count). The third kappa shape index (κ3) is 4.65. The molecule has 3 aromatic rings. The van der Waals surface area contributed by atoms with Gasteiger partial charge >= 0.3 is 0 Å². The Morgan fingerprint density at radius 2 is 1.50 bits per heavy atom. The lowest BCUT2D eigenvalue weighted by atomic mass is 10.1. The van der Waals surface area contributed by atoms with Gasteiger partial charge in [0.2, 0.25) is 0 Å². The molecule has 0 fully saturated rings. The summed E-state index contributed by atoms with van der Waals surface area (Å²) in [7, 11) is -3.74. The van der Waals surface area contributed by atoms with Crippen LogP contribution in [0.1, 0.15) is 15.9 Å². The zero-order valence-corrected chi connectivity index (χ0v) is 17.1. The summed E-state index contributed by atoms with van der Waals surface area (Å²) < 4.78 is 27.2. The van der Waals surface area contributed by atoms with E-state index in [1.165, 1.54) is 30.3 Å². The summed E-state index contributed by atoms with van der Waals surface area (Å²) in [6, 6.07) is 17.4. The summed E-state index contributed by atoms with van der Waals surface area (Å²) in [4.78, 5) is 12.6. The molecule has 0 saturated carbocycles. The summed E-state index contributed by atoms with van der Waals surface area (Å²) in [6.07, 6.45) is 0. The molecular formula is C20H16Cl2N2O3S. The number of benzene rings is 3. The maximum atomic E-state index is 12.5. The van der Waals surface area contributed by atoms with Crippen LogP contribution in [-0.4, -0.2) is 14.3 Å². The number of anilines is 2. The predicted molar refractivity (Wildman–Crippen MR) is 113 cm³/mol. The summed E-state index contributed by atoms with van der Waals surface area (Å²) >= 11 is 12.3. The smallest absolute Gasteiger partial charge is 0.261 e. The van der Waals surface area contributed by atoms with Crippen molar-refractivity contribution in [1.82, 2.24) is 0 Å². The number of carbonyl (C=O) groups excluding carboxylic acids is 1. The van der Waals surface area contributed by atoms with Crippen LogP contribution in [0.15, 0.2) is 71.6 Å². The predicted octanol–water partition coefficient (Wildman–Crippen LogP) is 5.35. The molecule has 0 bridgehead atoms. The first kappa shape index (κ1) is 20.2. The second-order valence-corrected chi connectivity index (χ2v) is 8.53. The molecule has 0 aliphatic heterocycles. The number of amides is 1. The Balaban J connectivity index is 1.78. The first-order valence-electron chi connectivity index (χ1n) is 8.21. The van der Waals surface area contributed by atoms with Crippen molar-refractivity contribution in [2.45, 2.75) is 11.8 Å². The number of carbonyl (C=O) groups is 1. The van der Waals surface area contributed by atoms with Gasteiger partial charge in [-0.05, 0) is 55.0 Å². The molecule has 1 amide bonds. The lowest BCUT2D eigenvalue weighted by molar-refractivity contribution is 0.102. The Hall–Kier alpha value is -2.54. The topological polar surface area (TPSA) is 75.3 Å². The third-order valence-electron chi connectivity index (χ3n) is 3.95. The van der Waals surface area contributed by atoms with Crippen LogP contribution in [0, 0.1) is 6.92 Å². The van der Waals surface area contributed by atoms with Crippen molar-refractivity contribution >= 4 is 50.5 Å². The van der Waals surface area contributed by atoms with E-state index >= 15 is 0 Å². The van der Waals surface area contributed by atoms with E-state index in [1.807, 2.05) is 6.92 Å². The first-order chi connectivity index (χ1) is 13.3. The van der Waals surface area contributed by atoms with Crippen molar-refractivity contribution in [3.05, 3.63) is 87.9 Å². The first-order valence-corrected chi connectivity index (χ1v) is 10.4. The molecule has 0 spiro atoms. The highest BCUT2D eigenvalue weighted by atomic mass is 35.5. The van der Waals surface area contributed by atoms with Crippen molar-refractivity contribution < 1.29 is 13.2 Å². The van der Waals surface area contributed by atoms with Crippen LogP contribution in [0.25, 0.3) is 0 Å². The van der Waals surface area contributed by atoms with Crippen molar-refractivity contribution in [3.63, 3.8) is 0 Å². The van der Waals surface area contributed by atoms with E-state index in [-0.39, 0.29) is 21.2 Å². The van der Waals surface area contributed by atoms with Gasteiger partial charge in [-0.15, -0.1) is 0 Å². The molecule has 0 atom stereocenters. The fourth-order valence-corrected chi connectivity index (χ4v) is 3.96. The molecule has 0 aliphatic rings. The maximum Gasteiger partial charge on any atom is 0.261 e. The normalized spacial score (nSPS) is 11.1. The SMILES string of the molecule is Cc1ccc(NC(=O)c2ccc(NS(=O)(=O)c3ccccc3)cc2Cl)cc1Cl. The Morgan fingerprint density at radius 1 is 0.857 bits per heavy atom. The van der Waals surface area contributed by atoms with Gasteiger partial charge in [0.25, 0.3) is 15.9 Å². The average molecular weight is 435 g/mol. The molecule has 0 aromatic heterocycles. The van der Waals surface area contributed by atoms with Crippen molar-refractivity contribution in [2.24, 2.45) is 0 Å². The molecule has 28 heavy (non-hydrogen) atoms. The number of hydrogen-bond acceptors (Lipinski definition) is 3. The molecule has 0 aliphatic carbocycles. The lowest BCUT2D eigenvalue weighted by Gasteiger charge is -2.11. The van der Waals surface area contributed by atoms with Gasteiger partial charge in [-0.25, -0.2) is 8.42 Å². The highest BCUT2D eigenvalue weighted by molar-refractivity contribution is 7.92. The number of halogens is 2. The van der Waals surface area contributed by atoms with Crippen molar-refractivity contribution in [2.75, 3.05) is 10.0 Å². The fourth-order valence-electron chi connectivity index (χ4n) is 2.45. The van der Waals surface area contributed by atoms with Crippen LogP contribution in [0.3, 0.4) is 0 Å². The highest BCUT2D eigenvalue weighted by Crippen LogP contribution is 2.25. The zero-order chi connectivity index (χ0) is 20.3. The molecule has 5 nitrogen and oxygen atoms in total. The third-order valence-corrected chi connectivity index (χ3v) is 6.07. The van der Waals surface area contributed by atoms with Crippen LogP contribution >= 0.6 is 23.2 Å². The van der Waals surface area contributed by atoms with Crippen LogP contribution in [-0.2, 0) is 10.0 Å². The monoisotopic (exact) mass is 434 g/mol. The van der Waals surface area contributed by atoms with Crippen LogP contribution in [0.2, 0.25) is 10.0 Å². The minimum Gasteiger partial charge on any atom is -0.322 e. The van der Waals surface area contributed by atoms with Crippen LogP contribution in [0.4, 0.5) is 11.4 Å². The number of hydrogen-bond donors (Lipinski definition) is 2. The minimum atomic E-state index is -3.74. The van der Waals surface area contributed by atoms with Crippen LogP contribution < -0.4 is 10.0 Å². The van der Waals surface area contributed by atoms with Crippen molar-refractivity contribution in [1.29, 1.82) is 0 Å². The zero-order valence-electron chi connectivity index (χ0n) is 14.7. The molecule has 0 saturated heterocycles. The van der Waals surface area contributed by atoms with E-state index < -0.39 is 15.9 Å². The summed E-state index contributed by atoms with van der Waals surface area (Å²) in [5.41, 5.74) is 1.89. The van der Waals surface area contributed by atoms with Gasteiger partial charge in [0.05, 0.1) is 21.2 Å². The van der Waals surface area contributed by atoms with Crippen LogP contribution in [0.5, 0.6) is 0 Å². The number of sulfonamides is 1. The second kappa shape index (κ2) is 8.22. The van der Waals surface area contributed by atoms with E-state index in [1.54, 1.807) is 36.4 Å². The molecule has 0 unspecified atom stereocenters. The summed E-state index contributed by atoms with van der Waals surface area (Å²) in [5, 5.41) is 3.37. The molecule has 3 aromatic carbocycles.